The number of methoxy groups -OCH3 is 1. The number of carbonyl (C=O) groups excluding carboxylic acids is 1. The van der Waals surface area contributed by atoms with E-state index >= 15 is 0 Å². The number of nitrogens with zero attached hydrogens (tertiary/aromatic N) is 4. The Morgan fingerprint density at radius 1 is 1.03 bits per heavy atom. The summed E-state index contributed by atoms with van der Waals surface area (Å²) < 4.78 is 16.9. The number of rotatable bonds is 10. The van der Waals surface area contributed by atoms with E-state index in [1.165, 1.54) is 12.0 Å². The van der Waals surface area contributed by atoms with E-state index < -0.39 is 11.6 Å². The molecule has 0 unspecified atom stereocenters. The van der Waals surface area contributed by atoms with Crippen molar-refractivity contribution < 1.29 is 28.6 Å². The van der Waals surface area contributed by atoms with Gasteiger partial charge >= 0.3 is 12.0 Å². The Hall–Kier alpha value is -4.08. The van der Waals surface area contributed by atoms with Gasteiger partial charge in [0.15, 0.2) is 5.76 Å². The molecule has 1 aromatic carbocycles. The smallest absolute Gasteiger partial charge is 0.407 e. The van der Waals surface area contributed by atoms with Crippen LogP contribution in [0.4, 0.5) is 4.79 Å². The van der Waals surface area contributed by atoms with E-state index in [1.54, 1.807) is 47.5 Å². The van der Waals surface area contributed by atoms with E-state index in [1.807, 2.05) is 34.6 Å². The maximum absolute atomic E-state index is 12.9. The highest BCUT2D eigenvalue weighted by Crippen LogP contribution is 2.34. The lowest BCUT2D eigenvalue weighted by Gasteiger charge is -2.32. The second-order valence-electron chi connectivity index (χ2n) is 9.24. The number of carboxylic acid groups (broad SMARTS) is 1. The summed E-state index contributed by atoms with van der Waals surface area (Å²) in [6.07, 6.45) is 0.625. The van der Waals surface area contributed by atoms with Crippen LogP contribution < -0.4 is 9.47 Å². The number of hydrogen-bond acceptors (Lipinski definition) is 7. The van der Waals surface area contributed by atoms with Crippen LogP contribution in [-0.2, 0) is 0 Å². The van der Waals surface area contributed by atoms with Crippen molar-refractivity contribution in [2.45, 2.75) is 40.2 Å². The van der Waals surface area contributed by atoms with Gasteiger partial charge in [0.2, 0.25) is 5.88 Å². The van der Waals surface area contributed by atoms with Crippen LogP contribution in [0.5, 0.6) is 11.6 Å². The van der Waals surface area contributed by atoms with Crippen molar-refractivity contribution in [2.75, 3.05) is 33.4 Å². The van der Waals surface area contributed by atoms with Crippen molar-refractivity contribution in [3.8, 4) is 34.2 Å². The van der Waals surface area contributed by atoms with Gasteiger partial charge in [-0.05, 0) is 65.0 Å². The maximum Gasteiger partial charge on any atom is 0.407 e. The third-order valence-corrected chi connectivity index (χ3v) is 5.82. The molecule has 10 nitrogen and oxygen atoms in total. The molecule has 0 saturated heterocycles. The number of amides is 2. The Kier molecular flexibility index (Phi) is 8.75. The molecule has 2 aromatic heterocycles. The van der Waals surface area contributed by atoms with E-state index in [0.29, 0.717) is 47.3 Å². The molecule has 0 aliphatic rings. The quantitative estimate of drug-likeness (QED) is 0.402. The predicted octanol–water partition coefficient (Wildman–Crippen LogP) is 5.05. The second-order valence-corrected chi connectivity index (χ2v) is 9.24. The number of carbonyl (C=O) groups is 2. The minimum absolute atomic E-state index is 0.000729. The van der Waals surface area contributed by atoms with Crippen LogP contribution in [0, 0.1) is 0 Å². The van der Waals surface area contributed by atoms with Crippen molar-refractivity contribution in [1.29, 1.82) is 0 Å². The van der Waals surface area contributed by atoms with E-state index in [-0.39, 0.29) is 24.9 Å². The molecule has 3 aromatic rings. The van der Waals surface area contributed by atoms with Crippen molar-refractivity contribution in [2.24, 2.45) is 0 Å². The van der Waals surface area contributed by atoms with Crippen molar-refractivity contribution >= 4 is 12.0 Å². The van der Waals surface area contributed by atoms with Crippen LogP contribution in [0.2, 0.25) is 0 Å². The summed E-state index contributed by atoms with van der Waals surface area (Å²) >= 11 is 0. The number of benzene rings is 1. The lowest BCUT2D eigenvalue weighted by atomic mass is 10.1. The first-order chi connectivity index (χ1) is 17.6. The minimum atomic E-state index is -0.993. The first-order valence-corrected chi connectivity index (χ1v) is 12.1. The maximum atomic E-state index is 12.9. The number of aromatic nitrogens is 2. The van der Waals surface area contributed by atoms with Gasteiger partial charge in [0.1, 0.15) is 18.1 Å². The van der Waals surface area contributed by atoms with Crippen LogP contribution in [0.1, 0.15) is 45.3 Å². The molecule has 0 atom stereocenters. The number of pyridine rings is 1. The first-order valence-electron chi connectivity index (χ1n) is 12.1. The molecule has 0 aliphatic heterocycles. The zero-order valence-electron chi connectivity index (χ0n) is 22.1. The molecule has 10 heteroatoms. The molecule has 37 heavy (non-hydrogen) atoms. The lowest BCUT2D eigenvalue weighted by Crippen LogP contribution is -2.46. The normalized spacial score (nSPS) is 11.2. The Labute approximate surface area is 216 Å². The highest BCUT2D eigenvalue weighted by atomic mass is 16.5. The fraction of sp³-hybridized carbons (Fsp3) is 0.407. The van der Waals surface area contributed by atoms with Gasteiger partial charge < -0.3 is 28.8 Å². The average Bonchev–Trinajstić information content (AvgIpc) is 3.32. The molecule has 198 valence electrons. The van der Waals surface area contributed by atoms with E-state index in [9.17, 15) is 14.7 Å². The summed E-state index contributed by atoms with van der Waals surface area (Å²) in [6, 6.07) is 10.7. The molecular weight excluding hydrogens is 476 g/mol. The number of oxazole rings is 1. The summed E-state index contributed by atoms with van der Waals surface area (Å²) in [5.74, 6) is 1.18. The second kappa shape index (κ2) is 11.8. The predicted molar refractivity (Wildman–Crippen MR) is 139 cm³/mol. The fourth-order valence-corrected chi connectivity index (χ4v) is 3.77. The number of hydrogen-bond donors (Lipinski definition) is 1. The molecule has 0 radical (unpaired) electrons. The molecule has 3 rings (SSSR count). The summed E-state index contributed by atoms with van der Waals surface area (Å²) in [7, 11) is 1.54. The van der Waals surface area contributed by atoms with Gasteiger partial charge in [0.05, 0.1) is 13.7 Å². The van der Waals surface area contributed by atoms with Gasteiger partial charge in [0.25, 0.3) is 5.89 Å². The molecule has 0 saturated carbocycles. The SMILES string of the molecule is CCN(CC)C(=O)c1nc(-c2ccc(OC)nc2)c(-c2ccc(OCCN(C(=O)O)C(C)(C)C)cc2)o1. The van der Waals surface area contributed by atoms with Gasteiger partial charge in [0, 0.05) is 42.0 Å². The van der Waals surface area contributed by atoms with Crippen LogP contribution in [-0.4, -0.2) is 75.8 Å². The van der Waals surface area contributed by atoms with Gasteiger partial charge in [-0.1, -0.05) is 0 Å². The van der Waals surface area contributed by atoms with Crippen LogP contribution in [0.25, 0.3) is 22.6 Å². The van der Waals surface area contributed by atoms with Gasteiger partial charge in [-0.15, -0.1) is 0 Å². The molecule has 1 N–H and O–H groups in total. The Balaban J connectivity index is 1.87. The van der Waals surface area contributed by atoms with Crippen molar-refractivity contribution in [1.82, 2.24) is 19.8 Å². The van der Waals surface area contributed by atoms with E-state index in [0.717, 1.165) is 0 Å². The standard InChI is InChI=1S/C27H34N4O6/c1-7-30(8-2)25(32)24-29-22(19-11-14-21(35-6)28-17-19)23(37-24)18-9-12-20(13-10-18)36-16-15-31(26(33)34)27(3,4)5/h9-14,17H,7-8,15-16H2,1-6H3,(H,33,34). The van der Waals surface area contributed by atoms with Crippen LogP contribution in [0.15, 0.2) is 47.0 Å². The molecular formula is C27H34N4O6. The Morgan fingerprint density at radius 2 is 1.68 bits per heavy atom. The van der Waals surface area contributed by atoms with Crippen molar-refractivity contribution in [3.05, 3.63) is 48.5 Å². The molecule has 2 amide bonds. The highest BCUT2D eigenvalue weighted by molar-refractivity contribution is 5.92. The first kappa shape index (κ1) is 27.5. The molecule has 0 aliphatic carbocycles. The Bertz CT molecular complexity index is 1200. The largest absolute Gasteiger partial charge is 0.492 e. The summed E-state index contributed by atoms with van der Waals surface area (Å²) in [4.78, 5) is 36.2. The van der Waals surface area contributed by atoms with Crippen LogP contribution in [0.3, 0.4) is 0 Å². The fourth-order valence-electron chi connectivity index (χ4n) is 3.77. The number of ether oxygens (including phenoxy) is 2. The molecule has 2 heterocycles. The van der Waals surface area contributed by atoms with Gasteiger partial charge in [-0.2, -0.15) is 0 Å². The highest BCUT2D eigenvalue weighted by Gasteiger charge is 2.26. The summed E-state index contributed by atoms with van der Waals surface area (Å²) in [6.45, 7) is 10.8. The third-order valence-electron chi connectivity index (χ3n) is 5.82. The van der Waals surface area contributed by atoms with Crippen LogP contribution >= 0.6 is 0 Å². The average molecular weight is 511 g/mol. The van der Waals surface area contributed by atoms with Gasteiger partial charge in [-0.25, -0.2) is 14.8 Å². The third kappa shape index (κ3) is 6.58. The topological polar surface area (TPSA) is 118 Å². The van der Waals surface area contributed by atoms with E-state index in [4.69, 9.17) is 13.9 Å². The Morgan fingerprint density at radius 3 is 2.19 bits per heavy atom. The summed E-state index contributed by atoms with van der Waals surface area (Å²) in [5.41, 5.74) is 1.33. The van der Waals surface area contributed by atoms with E-state index in [2.05, 4.69) is 9.97 Å². The summed E-state index contributed by atoms with van der Waals surface area (Å²) in [5, 5.41) is 9.44. The molecule has 0 bridgehead atoms. The molecule has 0 spiro atoms. The zero-order chi connectivity index (χ0) is 27.2. The minimum Gasteiger partial charge on any atom is -0.492 e. The molecule has 0 fully saturated rings. The zero-order valence-corrected chi connectivity index (χ0v) is 22.1. The van der Waals surface area contributed by atoms with Gasteiger partial charge in [-0.3, -0.25) is 4.79 Å². The monoisotopic (exact) mass is 510 g/mol. The van der Waals surface area contributed by atoms with Crippen molar-refractivity contribution in [3.63, 3.8) is 0 Å². The lowest BCUT2D eigenvalue weighted by molar-refractivity contribution is 0.0733.